The van der Waals surface area contributed by atoms with E-state index in [0.29, 0.717) is 15.2 Å². The van der Waals surface area contributed by atoms with Crippen LogP contribution in [0.5, 0.6) is 0 Å². The lowest BCUT2D eigenvalue weighted by atomic mass is 10.2. The number of imide groups is 1. The van der Waals surface area contributed by atoms with E-state index >= 15 is 0 Å². The van der Waals surface area contributed by atoms with Crippen LogP contribution in [0.25, 0.3) is 0 Å². The molecule has 1 aromatic carbocycles. The Morgan fingerprint density at radius 3 is 2.44 bits per heavy atom. The van der Waals surface area contributed by atoms with Crippen molar-refractivity contribution >= 4 is 45.0 Å². The molecule has 2 rings (SSSR count). The van der Waals surface area contributed by atoms with Gasteiger partial charge in [0.25, 0.3) is 11.8 Å². The van der Waals surface area contributed by atoms with E-state index in [0.717, 1.165) is 4.90 Å². The highest BCUT2D eigenvalue weighted by atomic mass is 79.9. The zero-order valence-electron chi connectivity index (χ0n) is 8.07. The number of carbonyl (C=O) groups excluding carboxylic acids is 2. The smallest absolute Gasteiger partial charge is 0.259 e. The van der Waals surface area contributed by atoms with E-state index in [1.807, 2.05) is 0 Å². The van der Waals surface area contributed by atoms with Gasteiger partial charge in [0.15, 0.2) is 0 Å². The molecule has 4 nitrogen and oxygen atoms in total. The number of benzene rings is 1. The van der Waals surface area contributed by atoms with Crippen LogP contribution >= 0.6 is 27.5 Å². The summed E-state index contributed by atoms with van der Waals surface area (Å²) in [7, 11) is 0. The van der Waals surface area contributed by atoms with Crippen molar-refractivity contribution in [3.63, 3.8) is 0 Å². The maximum Gasteiger partial charge on any atom is 0.259 e. The van der Waals surface area contributed by atoms with Crippen molar-refractivity contribution in [2.24, 2.45) is 0 Å². The largest absolute Gasteiger partial charge is 0.362 e. The summed E-state index contributed by atoms with van der Waals surface area (Å²) in [5.41, 5.74) is 0.489. The summed E-state index contributed by atoms with van der Waals surface area (Å²) in [6, 6.07) is 4.87. The van der Waals surface area contributed by atoms with Crippen LogP contribution in [-0.2, 0) is 14.3 Å². The first-order valence-electron chi connectivity index (χ1n) is 4.48. The summed E-state index contributed by atoms with van der Waals surface area (Å²) in [5, 5.41) is 0.531. The Bertz CT molecular complexity index is 447. The average Bonchev–Trinajstić information content (AvgIpc) is 2.20. The minimum atomic E-state index is -0.376. The highest BCUT2D eigenvalue weighted by Gasteiger charge is 2.29. The van der Waals surface area contributed by atoms with Crippen LogP contribution in [0.15, 0.2) is 22.7 Å². The number of halogens is 2. The maximum absolute atomic E-state index is 11.6. The van der Waals surface area contributed by atoms with E-state index in [9.17, 15) is 9.59 Å². The number of amides is 2. The number of hydrogen-bond donors (Lipinski definition) is 0. The Morgan fingerprint density at radius 2 is 1.88 bits per heavy atom. The Labute approximate surface area is 105 Å². The van der Waals surface area contributed by atoms with Gasteiger partial charge in [0.1, 0.15) is 13.2 Å². The fourth-order valence-corrected chi connectivity index (χ4v) is 2.29. The number of rotatable bonds is 1. The number of nitrogens with zero attached hydrogens (tertiary/aromatic N) is 1. The summed E-state index contributed by atoms with van der Waals surface area (Å²) in [4.78, 5) is 24.2. The summed E-state index contributed by atoms with van der Waals surface area (Å²) in [5.74, 6) is -0.751. The van der Waals surface area contributed by atoms with Crippen molar-refractivity contribution in [3.05, 3.63) is 27.7 Å². The molecule has 1 saturated heterocycles. The van der Waals surface area contributed by atoms with Crippen LogP contribution < -0.4 is 4.90 Å². The molecule has 2 amide bonds. The van der Waals surface area contributed by atoms with Gasteiger partial charge in [-0.25, -0.2) is 4.90 Å². The Morgan fingerprint density at radius 1 is 1.25 bits per heavy atom. The standard InChI is InChI=1S/C10H7BrClNO3/c11-7-3-6(12)1-2-8(7)13-9(14)4-16-5-10(13)15/h1-3H,4-5H2. The Balaban J connectivity index is 2.42. The summed E-state index contributed by atoms with van der Waals surface area (Å²) in [6.45, 7) is -0.165. The van der Waals surface area contributed by atoms with Crippen LogP contribution in [-0.4, -0.2) is 25.0 Å². The molecule has 1 aliphatic heterocycles. The molecule has 1 aromatic rings. The first kappa shape index (κ1) is 11.6. The van der Waals surface area contributed by atoms with Gasteiger partial charge >= 0.3 is 0 Å². The molecule has 1 heterocycles. The van der Waals surface area contributed by atoms with E-state index in [-0.39, 0.29) is 25.0 Å². The number of carbonyl (C=O) groups is 2. The van der Waals surface area contributed by atoms with Gasteiger partial charge in [-0.2, -0.15) is 0 Å². The van der Waals surface area contributed by atoms with E-state index in [1.54, 1.807) is 18.2 Å². The normalized spacial score (nSPS) is 16.8. The number of anilines is 1. The number of ether oxygens (including phenoxy) is 1. The van der Waals surface area contributed by atoms with E-state index in [2.05, 4.69) is 15.9 Å². The molecule has 0 aromatic heterocycles. The number of morpholine rings is 1. The summed E-state index contributed by atoms with van der Waals surface area (Å²) in [6.07, 6.45) is 0. The molecular weight excluding hydrogens is 297 g/mol. The fraction of sp³-hybridized carbons (Fsp3) is 0.200. The van der Waals surface area contributed by atoms with Crippen molar-refractivity contribution in [2.45, 2.75) is 0 Å². The predicted octanol–water partition coefficient (Wildman–Crippen LogP) is 1.99. The van der Waals surface area contributed by atoms with Crippen LogP contribution in [0.4, 0.5) is 5.69 Å². The molecule has 0 saturated carbocycles. The van der Waals surface area contributed by atoms with Crippen LogP contribution in [0.1, 0.15) is 0 Å². The van der Waals surface area contributed by atoms with Gasteiger partial charge in [-0.15, -0.1) is 0 Å². The molecular formula is C10H7BrClNO3. The zero-order valence-corrected chi connectivity index (χ0v) is 10.4. The lowest BCUT2D eigenvalue weighted by molar-refractivity contribution is -0.138. The second kappa shape index (κ2) is 4.53. The first-order chi connectivity index (χ1) is 7.59. The Hall–Kier alpha value is -0.910. The van der Waals surface area contributed by atoms with Crippen LogP contribution in [0, 0.1) is 0 Å². The second-order valence-electron chi connectivity index (χ2n) is 3.21. The molecule has 1 fully saturated rings. The maximum atomic E-state index is 11.6. The van der Waals surface area contributed by atoms with Gasteiger partial charge in [-0.1, -0.05) is 11.6 Å². The molecule has 0 radical (unpaired) electrons. The van der Waals surface area contributed by atoms with Crippen molar-refractivity contribution in [1.29, 1.82) is 0 Å². The highest BCUT2D eigenvalue weighted by Crippen LogP contribution is 2.30. The van der Waals surface area contributed by atoms with Crippen LogP contribution in [0.3, 0.4) is 0 Å². The average molecular weight is 305 g/mol. The van der Waals surface area contributed by atoms with E-state index < -0.39 is 0 Å². The van der Waals surface area contributed by atoms with Gasteiger partial charge in [-0.3, -0.25) is 9.59 Å². The molecule has 0 N–H and O–H groups in total. The fourth-order valence-electron chi connectivity index (χ4n) is 1.43. The van der Waals surface area contributed by atoms with Crippen molar-refractivity contribution in [1.82, 2.24) is 0 Å². The lowest BCUT2D eigenvalue weighted by Crippen LogP contribution is -2.46. The molecule has 0 unspecified atom stereocenters. The molecule has 0 bridgehead atoms. The molecule has 16 heavy (non-hydrogen) atoms. The lowest BCUT2D eigenvalue weighted by Gasteiger charge is -2.25. The van der Waals surface area contributed by atoms with E-state index in [4.69, 9.17) is 16.3 Å². The van der Waals surface area contributed by atoms with Gasteiger partial charge in [-0.05, 0) is 34.1 Å². The Kier molecular flexibility index (Phi) is 3.28. The van der Waals surface area contributed by atoms with Gasteiger partial charge in [0, 0.05) is 9.50 Å². The molecule has 84 valence electrons. The minimum absolute atomic E-state index is 0.0825. The molecule has 1 aliphatic rings. The SMILES string of the molecule is O=C1COCC(=O)N1c1ccc(Cl)cc1Br. The minimum Gasteiger partial charge on any atom is -0.362 e. The van der Waals surface area contributed by atoms with Gasteiger partial charge in [0.05, 0.1) is 5.69 Å². The second-order valence-corrected chi connectivity index (χ2v) is 4.50. The third-order valence-electron chi connectivity index (χ3n) is 2.10. The third kappa shape index (κ3) is 2.11. The molecule has 0 atom stereocenters. The molecule has 6 heteroatoms. The van der Waals surface area contributed by atoms with Crippen molar-refractivity contribution < 1.29 is 14.3 Å². The first-order valence-corrected chi connectivity index (χ1v) is 5.65. The molecule has 0 spiro atoms. The molecule has 0 aliphatic carbocycles. The number of hydrogen-bond acceptors (Lipinski definition) is 3. The topological polar surface area (TPSA) is 46.6 Å². The van der Waals surface area contributed by atoms with Crippen molar-refractivity contribution in [3.8, 4) is 0 Å². The predicted molar refractivity (Wildman–Crippen MR) is 62.5 cm³/mol. The van der Waals surface area contributed by atoms with E-state index in [1.165, 1.54) is 0 Å². The monoisotopic (exact) mass is 303 g/mol. The quantitative estimate of drug-likeness (QED) is 0.746. The van der Waals surface area contributed by atoms with Crippen LogP contribution in [0.2, 0.25) is 5.02 Å². The summed E-state index contributed by atoms with van der Waals surface area (Å²) >= 11 is 9.05. The third-order valence-corrected chi connectivity index (χ3v) is 2.97. The zero-order chi connectivity index (χ0) is 11.7. The van der Waals surface area contributed by atoms with Gasteiger partial charge in [0.2, 0.25) is 0 Å². The van der Waals surface area contributed by atoms with Gasteiger partial charge < -0.3 is 4.74 Å². The highest BCUT2D eigenvalue weighted by molar-refractivity contribution is 9.10. The van der Waals surface area contributed by atoms with Crippen molar-refractivity contribution in [2.75, 3.05) is 18.1 Å². The summed E-state index contributed by atoms with van der Waals surface area (Å²) < 4.78 is 5.43.